The highest BCUT2D eigenvalue weighted by atomic mass is 32.2. The number of rotatable bonds is 3. The Hall–Kier alpha value is -0.780. The van der Waals surface area contributed by atoms with Crippen molar-refractivity contribution >= 4 is 15.8 Å². The zero-order valence-electron chi connectivity index (χ0n) is 7.87. The van der Waals surface area contributed by atoms with Crippen molar-refractivity contribution in [1.82, 2.24) is 10.6 Å². The van der Waals surface area contributed by atoms with Crippen LogP contribution in [-0.4, -0.2) is 45.5 Å². The fraction of sp³-hybridized carbons (Fsp3) is 0.857. The SMILES string of the molecule is CC(CS(C)(=O)=O)NC1=NCCN1. The minimum absolute atomic E-state index is 0.0978. The maximum Gasteiger partial charge on any atom is 0.191 e. The first-order valence-corrected chi connectivity index (χ1v) is 6.26. The van der Waals surface area contributed by atoms with E-state index in [9.17, 15) is 8.42 Å². The lowest BCUT2D eigenvalue weighted by molar-refractivity contribution is 0.590. The molecule has 0 saturated carbocycles. The van der Waals surface area contributed by atoms with Crippen LogP contribution >= 0.6 is 0 Å². The van der Waals surface area contributed by atoms with Crippen LogP contribution in [0.1, 0.15) is 6.92 Å². The molecule has 1 atom stereocenters. The van der Waals surface area contributed by atoms with Crippen molar-refractivity contribution < 1.29 is 8.42 Å². The Labute approximate surface area is 78.5 Å². The van der Waals surface area contributed by atoms with Crippen molar-refractivity contribution in [3.05, 3.63) is 0 Å². The predicted molar refractivity (Wildman–Crippen MR) is 52.6 cm³/mol. The van der Waals surface area contributed by atoms with Gasteiger partial charge in [-0.15, -0.1) is 0 Å². The van der Waals surface area contributed by atoms with E-state index in [2.05, 4.69) is 15.6 Å². The minimum Gasteiger partial charge on any atom is -0.355 e. The van der Waals surface area contributed by atoms with Gasteiger partial charge in [0, 0.05) is 18.8 Å². The van der Waals surface area contributed by atoms with Crippen LogP contribution in [0.25, 0.3) is 0 Å². The summed E-state index contributed by atoms with van der Waals surface area (Å²) in [4.78, 5) is 4.11. The molecule has 0 amide bonds. The molecule has 1 aliphatic heterocycles. The summed E-state index contributed by atoms with van der Waals surface area (Å²) in [6, 6.07) is -0.0978. The molecule has 2 N–H and O–H groups in total. The van der Waals surface area contributed by atoms with Gasteiger partial charge in [-0.05, 0) is 6.92 Å². The van der Waals surface area contributed by atoms with Gasteiger partial charge in [0.25, 0.3) is 0 Å². The third-order valence-corrected chi connectivity index (χ3v) is 2.72. The normalized spacial score (nSPS) is 19.1. The van der Waals surface area contributed by atoms with E-state index in [0.29, 0.717) is 5.96 Å². The average molecular weight is 205 g/mol. The van der Waals surface area contributed by atoms with Crippen LogP contribution in [0.4, 0.5) is 0 Å². The predicted octanol–water partition coefficient (Wildman–Crippen LogP) is -1.03. The molecule has 0 aromatic heterocycles. The van der Waals surface area contributed by atoms with Gasteiger partial charge in [0.1, 0.15) is 9.84 Å². The van der Waals surface area contributed by atoms with E-state index in [1.165, 1.54) is 6.26 Å². The number of aliphatic imine (C=N–C) groups is 1. The van der Waals surface area contributed by atoms with Crippen molar-refractivity contribution in [1.29, 1.82) is 0 Å². The number of nitrogens with zero attached hydrogens (tertiary/aromatic N) is 1. The lowest BCUT2D eigenvalue weighted by Crippen LogP contribution is -2.42. The summed E-state index contributed by atoms with van der Waals surface area (Å²) in [7, 11) is -2.91. The molecule has 1 heterocycles. The van der Waals surface area contributed by atoms with E-state index >= 15 is 0 Å². The molecule has 5 nitrogen and oxygen atoms in total. The maximum absolute atomic E-state index is 10.9. The lowest BCUT2D eigenvalue weighted by Gasteiger charge is -2.13. The van der Waals surface area contributed by atoms with Crippen molar-refractivity contribution in [3.8, 4) is 0 Å². The Morgan fingerprint density at radius 1 is 1.69 bits per heavy atom. The van der Waals surface area contributed by atoms with Crippen LogP contribution < -0.4 is 10.6 Å². The topological polar surface area (TPSA) is 70.6 Å². The van der Waals surface area contributed by atoms with Crippen LogP contribution in [0.3, 0.4) is 0 Å². The van der Waals surface area contributed by atoms with Gasteiger partial charge >= 0.3 is 0 Å². The van der Waals surface area contributed by atoms with Crippen molar-refractivity contribution in [3.63, 3.8) is 0 Å². The molecule has 0 aromatic carbocycles. The van der Waals surface area contributed by atoms with E-state index < -0.39 is 9.84 Å². The van der Waals surface area contributed by atoms with Crippen LogP contribution in [-0.2, 0) is 9.84 Å². The third-order valence-electron chi connectivity index (χ3n) is 1.61. The highest BCUT2D eigenvalue weighted by molar-refractivity contribution is 7.90. The second-order valence-electron chi connectivity index (χ2n) is 3.29. The molecule has 1 aliphatic rings. The second kappa shape index (κ2) is 3.95. The van der Waals surface area contributed by atoms with Gasteiger partial charge in [-0.2, -0.15) is 0 Å². The smallest absolute Gasteiger partial charge is 0.191 e. The van der Waals surface area contributed by atoms with E-state index in [1.54, 1.807) is 0 Å². The molecule has 0 aromatic rings. The highest BCUT2D eigenvalue weighted by Gasteiger charge is 2.13. The molecule has 1 unspecified atom stereocenters. The Balaban J connectivity index is 2.37. The van der Waals surface area contributed by atoms with E-state index in [1.807, 2.05) is 6.92 Å². The molecule has 0 fully saturated rings. The monoisotopic (exact) mass is 205 g/mol. The van der Waals surface area contributed by atoms with Crippen LogP contribution in [0.15, 0.2) is 4.99 Å². The van der Waals surface area contributed by atoms with Crippen LogP contribution in [0, 0.1) is 0 Å². The van der Waals surface area contributed by atoms with Crippen molar-refractivity contribution in [2.75, 3.05) is 25.1 Å². The maximum atomic E-state index is 10.9. The van der Waals surface area contributed by atoms with Crippen LogP contribution in [0.5, 0.6) is 0 Å². The van der Waals surface area contributed by atoms with Gasteiger partial charge in [-0.25, -0.2) is 8.42 Å². The Morgan fingerprint density at radius 3 is 2.85 bits per heavy atom. The largest absolute Gasteiger partial charge is 0.355 e. The quantitative estimate of drug-likeness (QED) is 0.618. The zero-order valence-corrected chi connectivity index (χ0v) is 8.69. The molecule has 0 saturated heterocycles. The Bertz CT molecular complexity index is 297. The Kier molecular flexibility index (Phi) is 3.13. The van der Waals surface area contributed by atoms with Gasteiger partial charge in [0.15, 0.2) is 5.96 Å². The number of hydrogen-bond acceptors (Lipinski definition) is 5. The molecule has 0 radical (unpaired) electrons. The number of hydrogen-bond donors (Lipinski definition) is 2. The molecule has 13 heavy (non-hydrogen) atoms. The molecule has 0 aliphatic carbocycles. The molecular weight excluding hydrogens is 190 g/mol. The second-order valence-corrected chi connectivity index (χ2v) is 5.48. The molecule has 0 bridgehead atoms. The van der Waals surface area contributed by atoms with E-state index in [4.69, 9.17) is 0 Å². The number of sulfone groups is 1. The summed E-state index contributed by atoms with van der Waals surface area (Å²) in [5.41, 5.74) is 0. The molecule has 1 rings (SSSR count). The minimum atomic E-state index is -2.91. The first-order chi connectivity index (χ1) is 5.97. The number of guanidine groups is 1. The zero-order chi connectivity index (χ0) is 9.90. The summed E-state index contributed by atoms with van der Waals surface area (Å²) < 4.78 is 21.8. The first kappa shape index (κ1) is 10.3. The average Bonchev–Trinajstić information content (AvgIpc) is 2.34. The lowest BCUT2D eigenvalue weighted by atomic mass is 10.4. The molecule has 6 heteroatoms. The molecular formula is C7H15N3O2S. The van der Waals surface area contributed by atoms with Gasteiger partial charge in [0.2, 0.25) is 0 Å². The van der Waals surface area contributed by atoms with Crippen molar-refractivity contribution in [2.24, 2.45) is 4.99 Å². The van der Waals surface area contributed by atoms with Gasteiger partial charge in [0.05, 0.1) is 12.3 Å². The first-order valence-electron chi connectivity index (χ1n) is 4.20. The summed E-state index contributed by atoms with van der Waals surface area (Å²) in [5, 5.41) is 6.01. The standard InChI is InChI=1S/C7H15N3O2S/c1-6(5-13(2,11)12)10-7-8-3-4-9-7/h6H,3-5H2,1-2H3,(H2,8,9,10). The van der Waals surface area contributed by atoms with Gasteiger partial charge < -0.3 is 10.6 Å². The van der Waals surface area contributed by atoms with Gasteiger partial charge in [-0.3, -0.25) is 4.99 Å². The molecule has 76 valence electrons. The van der Waals surface area contributed by atoms with E-state index in [0.717, 1.165) is 13.1 Å². The Morgan fingerprint density at radius 2 is 2.38 bits per heavy atom. The molecule has 0 spiro atoms. The third kappa shape index (κ3) is 4.12. The van der Waals surface area contributed by atoms with Crippen molar-refractivity contribution in [2.45, 2.75) is 13.0 Å². The summed E-state index contributed by atoms with van der Waals surface area (Å²) in [5.74, 6) is 0.837. The summed E-state index contributed by atoms with van der Waals surface area (Å²) in [6.45, 7) is 3.41. The summed E-state index contributed by atoms with van der Waals surface area (Å²) in [6.07, 6.45) is 1.23. The van der Waals surface area contributed by atoms with E-state index in [-0.39, 0.29) is 11.8 Å². The fourth-order valence-electron chi connectivity index (χ4n) is 1.22. The number of nitrogens with one attached hydrogen (secondary N) is 2. The summed E-state index contributed by atoms with van der Waals surface area (Å²) >= 11 is 0. The highest BCUT2D eigenvalue weighted by Crippen LogP contribution is 1.91. The van der Waals surface area contributed by atoms with Crippen LogP contribution in [0.2, 0.25) is 0 Å². The fourth-order valence-corrected chi connectivity index (χ4v) is 2.22. The van der Waals surface area contributed by atoms with Gasteiger partial charge in [-0.1, -0.05) is 0 Å².